The molecule has 0 aromatic carbocycles. The first kappa shape index (κ1) is 22.4. The van der Waals surface area contributed by atoms with Gasteiger partial charge in [-0.3, -0.25) is 4.79 Å². The molecule has 0 saturated heterocycles. The Labute approximate surface area is 178 Å². The van der Waals surface area contributed by atoms with Gasteiger partial charge in [-0.15, -0.1) is 0 Å². The topological polar surface area (TPSA) is 93.4 Å². The van der Waals surface area contributed by atoms with Gasteiger partial charge in [0.05, 0.1) is 17.6 Å². The molecule has 0 bridgehead atoms. The number of nitrogens with zero attached hydrogens (tertiary/aromatic N) is 3. The molecular formula is C21H24F3N5O2. The highest BCUT2D eigenvalue weighted by molar-refractivity contribution is 5.76. The number of nitrogens with two attached hydrogens (primary N) is 1. The van der Waals surface area contributed by atoms with E-state index < -0.39 is 11.9 Å². The fourth-order valence-electron chi connectivity index (χ4n) is 3.14. The van der Waals surface area contributed by atoms with Crippen molar-refractivity contribution in [3.8, 4) is 5.88 Å². The molecular weight excluding hydrogens is 411 g/mol. The van der Waals surface area contributed by atoms with Crippen molar-refractivity contribution in [3.63, 3.8) is 0 Å². The van der Waals surface area contributed by atoms with E-state index in [2.05, 4.69) is 15.3 Å². The lowest BCUT2D eigenvalue weighted by Gasteiger charge is -2.28. The molecule has 31 heavy (non-hydrogen) atoms. The van der Waals surface area contributed by atoms with Crippen molar-refractivity contribution in [2.24, 2.45) is 5.73 Å². The van der Waals surface area contributed by atoms with Gasteiger partial charge in [-0.05, 0) is 36.6 Å². The van der Waals surface area contributed by atoms with E-state index in [0.717, 1.165) is 23.4 Å². The minimum Gasteiger partial charge on any atom is -0.471 e. The molecule has 0 radical (unpaired) electrons. The molecule has 0 unspecified atom stereocenters. The predicted octanol–water partition coefficient (Wildman–Crippen LogP) is 3.47. The molecule has 1 amide bonds. The Morgan fingerprint density at radius 1 is 1.26 bits per heavy atom. The predicted molar refractivity (Wildman–Crippen MR) is 109 cm³/mol. The lowest BCUT2D eigenvalue weighted by Crippen LogP contribution is -2.35. The standard InChI is InChI=1S/C21H24F3N5O2/c1-3-20(30)29-7-6-14-8-19(27-9-15(14)11-29)31-12-17(13(2)25)28-16-4-5-18(26-10-16)21(22,23)24/h4-5,8-10,28H,3,6-7,11-12,25H2,1-2H3/b17-13-. The number of aromatic nitrogens is 2. The first-order valence-corrected chi connectivity index (χ1v) is 9.81. The lowest BCUT2D eigenvalue weighted by atomic mass is 10.0. The molecule has 0 fully saturated rings. The van der Waals surface area contributed by atoms with Crippen LogP contribution in [0.3, 0.4) is 0 Å². The summed E-state index contributed by atoms with van der Waals surface area (Å²) in [5.41, 5.74) is 8.25. The summed E-state index contributed by atoms with van der Waals surface area (Å²) in [7, 11) is 0. The maximum atomic E-state index is 12.7. The van der Waals surface area contributed by atoms with E-state index in [1.165, 1.54) is 6.07 Å². The third-order valence-electron chi connectivity index (χ3n) is 4.91. The molecule has 3 rings (SSSR count). The number of amides is 1. The van der Waals surface area contributed by atoms with Gasteiger partial charge in [0.25, 0.3) is 0 Å². The van der Waals surface area contributed by atoms with E-state index in [0.29, 0.717) is 48.9 Å². The number of nitrogens with one attached hydrogen (secondary N) is 1. The van der Waals surface area contributed by atoms with Gasteiger partial charge in [0.1, 0.15) is 12.3 Å². The second-order valence-electron chi connectivity index (χ2n) is 7.22. The summed E-state index contributed by atoms with van der Waals surface area (Å²) in [6.07, 6.45) is -0.520. The quantitative estimate of drug-likeness (QED) is 0.722. The van der Waals surface area contributed by atoms with Crippen molar-refractivity contribution in [2.75, 3.05) is 18.5 Å². The summed E-state index contributed by atoms with van der Waals surface area (Å²) in [5, 5.41) is 2.94. The molecule has 0 aliphatic carbocycles. The van der Waals surface area contributed by atoms with E-state index in [-0.39, 0.29) is 12.5 Å². The molecule has 3 N–H and O–H groups in total. The van der Waals surface area contributed by atoms with Crippen molar-refractivity contribution >= 4 is 11.6 Å². The zero-order valence-corrected chi connectivity index (χ0v) is 17.3. The lowest BCUT2D eigenvalue weighted by molar-refractivity contribution is -0.141. The van der Waals surface area contributed by atoms with Crippen molar-refractivity contribution in [3.05, 3.63) is 58.8 Å². The molecule has 1 aliphatic rings. The van der Waals surface area contributed by atoms with Crippen LogP contribution in [0.5, 0.6) is 5.88 Å². The number of rotatable bonds is 6. The number of carbonyl (C=O) groups is 1. The van der Waals surface area contributed by atoms with Gasteiger partial charge >= 0.3 is 6.18 Å². The molecule has 0 saturated carbocycles. The number of hydrogen-bond donors (Lipinski definition) is 2. The molecule has 3 heterocycles. The minimum absolute atomic E-state index is 0.0512. The number of anilines is 1. The van der Waals surface area contributed by atoms with E-state index >= 15 is 0 Å². The van der Waals surface area contributed by atoms with E-state index in [1.54, 1.807) is 13.1 Å². The molecule has 1 aliphatic heterocycles. The summed E-state index contributed by atoms with van der Waals surface area (Å²) in [6, 6.07) is 4.01. The van der Waals surface area contributed by atoms with Crippen LogP contribution in [0.2, 0.25) is 0 Å². The number of ether oxygens (including phenoxy) is 1. The van der Waals surface area contributed by atoms with Gasteiger partial charge in [0.2, 0.25) is 11.8 Å². The van der Waals surface area contributed by atoms with Crippen molar-refractivity contribution in [1.82, 2.24) is 14.9 Å². The van der Waals surface area contributed by atoms with Gasteiger partial charge in [-0.1, -0.05) is 6.92 Å². The molecule has 2 aromatic heterocycles. The largest absolute Gasteiger partial charge is 0.471 e. The van der Waals surface area contributed by atoms with Gasteiger partial charge in [-0.2, -0.15) is 13.2 Å². The highest BCUT2D eigenvalue weighted by Crippen LogP contribution is 2.28. The van der Waals surface area contributed by atoms with Gasteiger partial charge in [0, 0.05) is 37.5 Å². The summed E-state index contributed by atoms with van der Waals surface area (Å²) in [5.74, 6) is 0.517. The van der Waals surface area contributed by atoms with Crippen LogP contribution in [-0.2, 0) is 23.9 Å². The van der Waals surface area contributed by atoms with Crippen LogP contribution < -0.4 is 15.8 Å². The summed E-state index contributed by atoms with van der Waals surface area (Å²) in [4.78, 5) is 21.4. The molecule has 166 valence electrons. The average Bonchev–Trinajstić information content (AvgIpc) is 2.75. The fraction of sp³-hybridized carbons (Fsp3) is 0.381. The van der Waals surface area contributed by atoms with E-state index in [4.69, 9.17) is 10.5 Å². The molecule has 10 heteroatoms. The van der Waals surface area contributed by atoms with Crippen molar-refractivity contribution in [2.45, 2.75) is 39.4 Å². The zero-order chi connectivity index (χ0) is 22.6. The Hall–Kier alpha value is -3.30. The average molecular weight is 435 g/mol. The summed E-state index contributed by atoms with van der Waals surface area (Å²) >= 11 is 0. The van der Waals surface area contributed by atoms with Gasteiger partial charge < -0.3 is 20.7 Å². The molecule has 0 atom stereocenters. The number of halogens is 3. The number of hydrogen-bond acceptors (Lipinski definition) is 6. The number of alkyl halides is 3. The number of pyridine rings is 2. The molecule has 2 aromatic rings. The molecule has 7 nitrogen and oxygen atoms in total. The first-order valence-electron chi connectivity index (χ1n) is 9.81. The highest BCUT2D eigenvalue weighted by atomic mass is 19.4. The number of fused-ring (bicyclic) bond motifs is 1. The zero-order valence-electron chi connectivity index (χ0n) is 17.3. The molecule has 0 spiro atoms. The van der Waals surface area contributed by atoms with Crippen molar-refractivity contribution < 1.29 is 22.7 Å². The second kappa shape index (κ2) is 9.23. The van der Waals surface area contributed by atoms with Crippen LogP contribution in [0.25, 0.3) is 0 Å². The number of allylic oxidation sites excluding steroid dienone is 1. The van der Waals surface area contributed by atoms with E-state index in [1.807, 2.05) is 17.9 Å². The third-order valence-corrected chi connectivity index (χ3v) is 4.91. The van der Waals surface area contributed by atoms with Crippen LogP contribution in [0, 0.1) is 0 Å². The minimum atomic E-state index is -4.50. The van der Waals surface area contributed by atoms with Gasteiger partial charge in [-0.25, -0.2) is 9.97 Å². The van der Waals surface area contributed by atoms with Crippen LogP contribution in [0.4, 0.5) is 18.9 Å². The van der Waals surface area contributed by atoms with Crippen LogP contribution >= 0.6 is 0 Å². The van der Waals surface area contributed by atoms with Crippen molar-refractivity contribution in [1.29, 1.82) is 0 Å². The monoisotopic (exact) mass is 435 g/mol. The Bertz CT molecular complexity index is 970. The Morgan fingerprint density at radius 2 is 2.03 bits per heavy atom. The first-order chi connectivity index (χ1) is 14.7. The maximum Gasteiger partial charge on any atom is 0.433 e. The van der Waals surface area contributed by atoms with Gasteiger partial charge in [0.15, 0.2) is 0 Å². The fourth-order valence-corrected chi connectivity index (χ4v) is 3.14. The highest BCUT2D eigenvalue weighted by Gasteiger charge is 2.32. The van der Waals surface area contributed by atoms with Crippen LogP contribution in [-0.4, -0.2) is 33.9 Å². The van der Waals surface area contributed by atoms with E-state index in [9.17, 15) is 18.0 Å². The van der Waals surface area contributed by atoms with Crippen LogP contribution in [0.1, 0.15) is 37.1 Å². The number of carbonyl (C=O) groups excluding carboxylic acids is 1. The summed E-state index contributed by atoms with van der Waals surface area (Å²) < 4.78 is 43.7. The third kappa shape index (κ3) is 5.65. The normalized spacial score (nSPS) is 14.5. The SMILES string of the molecule is CCC(=O)N1CCc2cc(OC/C(Nc3ccc(C(F)(F)F)nc3)=C(\C)N)ncc2C1. The van der Waals surface area contributed by atoms with Crippen LogP contribution in [0.15, 0.2) is 42.0 Å². The summed E-state index contributed by atoms with van der Waals surface area (Å²) in [6.45, 7) is 4.73. The smallest absolute Gasteiger partial charge is 0.433 e. The Morgan fingerprint density at radius 3 is 2.65 bits per heavy atom. The second-order valence-corrected chi connectivity index (χ2v) is 7.22. The Kier molecular flexibility index (Phi) is 6.67. The maximum absolute atomic E-state index is 12.7. The Balaban J connectivity index is 1.64.